The largest absolute Gasteiger partial charge is 0.496 e. The van der Waals surface area contributed by atoms with Gasteiger partial charge in [-0.3, -0.25) is 9.59 Å². The number of methoxy groups -OCH3 is 1. The smallest absolute Gasteiger partial charge is 0.310 e. The number of aryl methyl sites for hydroxylation is 1. The summed E-state index contributed by atoms with van der Waals surface area (Å²) in [7, 11) is 1.52. The molecule has 1 N–H and O–H groups in total. The molecular formula is C34H29FO5. The highest BCUT2D eigenvalue weighted by atomic mass is 19.1. The van der Waals surface area contributed by atoms with Crippen LogP contribution in [0.2, 0.25) is 0 Å². The predicted molar refractivity (Wildman–Crippen MR) is 149 cm³/mol. The molecular weight excluding hydrogens is 507 g/mol. The third kappa shape index (κ3) is 3.89. The van der Waals surface area contributed by atoms with Crippen molar-refractivity contribution < 1.29 is 28.6 Å². The number of esters is 1. The number of rotatable bonds is 7. The van der Waals surface area contributed by atoms with E-state index in [0.717, 1.165) is 22.3 Å². The van der Waals surface area contributed by atoms with Crippen LogP contribution in [0.5, 0.6) is 5.75 Å². The van der Waals surface area contributed by atoms with Crippen molar-refractivity contribution in [3.05, 3.63) is 125 Å². The third-order valence-corrected chi connectivity index (χ3v) is 8.56. The summed E-state index contributed by atoms with van der Waals surface area (Å²) in [4.78, 5) is 26.6. The second-order valence-corrected chi connectivity index (χ2v) is 10.5. The van der Waals surface area contributed by atoms with Crippen molar-refractivity contribution in [1.82, 2.24) is 0 Å². The van der Waals surface area contributed by atoms with E-state index >= 15 is 4.39 Å². The van der Waals surface area contributed by atoms with E-state index in [4.69, 9.17) is 9.47 Å². The molecule has 0 spiro atoms. The lowest BCUT2D eigenvalue weighted by Crippen LogP contribution is -2.52. The summed E-state index contributed by atoms with van der Waals surface area (Å²) >= 11 is 0. The van der Waals surface area contributed by atoms with Crippen LogP contribution >= 0.6 is 0 Å². The fourth-order valence-corrected chi connectivity index (χ4v) is 6.72. The monoisotopic (exact) mass is 536 g/mol. The van der Waals surface area contributed by atoms with Crippen molar-refractivity contribution in [2.24, 2.45) is 11.8 Å². The number of fused-ring (bicyclic) bond motifs is 3. The van der Waals surface area contributed by atoms with Gasteiger partial charge < -0.3 is 14.6 Å². The highest BCUT2D eigenvalue weighted by molar-refractivity contribution is 5.86. The van der Waals surface area contributed by atoms with Crippen LogP contribution in [0.1, 0.15) is 39.7 Å². The second kappa shape index (κ2) is 9.94. The molecule has 0 aromatic heterocycles. The minimum Gasteiger partial charge on any atom is -0.496 e. The Bertz CT molecular complexity index is 1570. The van der Waals surface area contributed by atoms with Crippen LogP contribution in [0, 0.1) is 18.8 Å². The number of carboxylic acids is 1. The van der Waals surface area contributed by atoms with E-state index in [-0.39, 0.29) is 0 Å². The lowest BCUT2D eigenvalue weighted by atomic mass is 9.52. The first kappa shape index (κ1) is 25.8. The van der Waals surface area contributed by atoms with Crippen LogP contribution in [-0.2, 0) is 20.0 Å². The van der Waals surface area contributed by atoms with Crippen LogP contribution in [0.15, 0.2) is 97.1 Å². The van der Waals surface area contributed by atoms with Crippen LogP contribution in [0.3, 0.4) is 0 Å². The lowest BCUT2D eigenvalue weighted by molar-refractivity contribution is -0.166. The first-order valence-corrected chi connectivity index (χ1v) is 13.3. The molecule has 2 aliphatic carbocycles. The van der Waals surface area contributed by atoms with Gasteiger partial charge in [-0.2, -0.15) is 0 Å². The Hall–Kier alpha value is -4.45. The number of para-hydroxylation sites is 1. The molecule has 2 aliphatic rings. The maximum absolute atomic E-state index is 16.9. The number of ether oxygens (including phenoxy) is 2. The van der Waals surface area contributed by atoms with Gasteiger partial charge in [0.2, 0.25) is 0 Å². The summed E-state index contributed by atoms with van der Waals surface area (Å²) in [6, 6.07) is 29.0. The highest BCUT2D eigenvalue weighted by Crippen LogP contribution is 2.60. The van der Waals surface area contributed by atoms with E-state index < -0.39 is 47.9 Å². The average Bonchev–Trinajstić information content (AvgIpc) is 3.21. The van der Waals surface area contributed by atoms with Crippen molar-refractivity contribution in [2.45, 2.75) is 24.4 Å². The normalized spacial score (nSPS) is 22.0. The van der Waals surface area contributed by atoms with Crippen LogP contribution < -0.4 is 4.74 Å². The molecule has 0 amide bonds. The molecule has 0 unspecified atom stereocenters. The van der Waals surface area contributed by atoms with Gasteiger partial charge in [-0.25, -0.2) is 4.39 Å². The summed E-state index contributed by atoms with van der Waals surface area (Å²) in [5.74, 6) is -4.20. The predicted octanol–water partition coefficient (Wildman–Crippen LogP) is 6.64. The molecule has 4 aromatic rings. The van der Waals surface area contributed by atoms with Crippen molar-refractivity contribution in [3.8, 4) is 16.9 Å². The number of carbonyl (C=O) groups excluding carboxylic acids is 1. The molecule has 1 saturated carbocycles. The molecule has 40 heavy (non-hydrogen) atoms. The molecule has 4 atom stereocenters. The standard InChI is InChI=1S/C34H29FO5/c1-20-11-3-4-12-21(20)28-30(32(36)37)29(24-15-7-10-18-27(24)39-2)31(28)33(38)40-19-34(35)25-16-8-5-13-22(25)23-14-6-9-17-26(23)34/h3-18,28-31H,19H2,1-2H3,(H,36,37)/t28-,29-,30+,31+/m0/s1. The Kier molecular flexibility index (Phi) is 6.41. The summed E-state index contributed by atoms with van der Waals surface area (Å²) in [6.07, 6.45) is 0. The van der Waals surface area contributed by atoms with E-state index in [1.807, 2.05) is 55.5 Å². The minimum absolute atomic E-state index is 0.456. The summed E-state index contributed by atoms with van der Waals surface area (Å²) in [5.41, 5.74) is 2.72. The topological polar surface area (TPSA) is 72.8 Å². The highest BCUT2D eigenvalue weighted by Gasteiger charge is 2.60. The Morgan fingerprint density at radius 3 is 1.90 bits per heavy atom. The molecule has 4 aromatic carbocycles. The van der Waals surface area contributed by atoms with Gasteiger partial charge in [-0.05, 0) is 40.8 Å². The van der Waals surface area contributed by atoms with E-state index in [1.165, 1.54) is 7.11 Å². The Balaban J connectivity index is 1.39. The average molecular weight is 537 g/mol. The summed E-state index contributed by atoms with van der Waals surface area (Å²) in [5, 5.41) is 10.4. The maximum atomic E-state index is 16.9. The van der Waals surface area contributed by atoms with E-state index in [1.54, 1.807) is 48.5 Å². The third-order valence-electron chi connectivity index (χ3n) is 8.56. The summed E-state index contributed by atoms with van der Waals surface area (Å²) in [6.45, 7) is 1.39. The quantitative estimate of drug-likeness (QED) is 0.268. The minimum atomic E-state index is -2.02. The molecule has 1 fully saturated rings. The van der Waals surface area contributed by atoms with Crippen LogP contribution in [0.25, 0.3) is 11.1 Å². The number of benzene rings is 4. The Morgan fingerprint density at radius 2 is 1.30 bits per heavy atom. The van der Waals surface area contributed by atoms with Gasteiger partial charge in [0.05, 0.1) is 18.9 Å². The van der Waals surface area contributed by atoms with Gasteiger partial charge in [0.25, 0.3) is 0 Å². The first-order valence-electron chi connectivity index (χ1n) is 13.3. The van der Waals surface area contributed by atoms with E-state index in [0.29, 0.717) is 22.4 Å². The molecule has 6 rings (SSSR count). The number of halogens is 1. The number of hydrogen-bond donors (Lipinski definition) is 1. The Morgan fingerprint density at radius 1 is 0.775 bits per heavy atom. The number of aliphatic carboxylic acids is 1. The van der Waals surface area contributed by atoms with Gasteiger partial charge in [-0.15, -0.1) is 0 Å². The molecule has 6 heteroatoms. The van der Waals surface area contributed by atoms with Crippen molar-refractivity contribution >= 4 is 11.9 Å². The van der Waals surface area contributed by atoms with Crippen LogP contribution in [0.4, 0.5) is 4.39 Å². The van der Waals surface area contributed by atoms with Gasteiger partial charge in [0.1, 0.15) is 12.4 Å². The number of hydrogen-bond acceptors (Lipinski definition) is 4. The van der Waals surface area contributed by atoms with E-state index in [9.17, 15) is 14.7 Å². The van der Waals surface area contributed by atoms with Crippen molar-refractivity contribution in [2.75, 3.05) is 13.7 Å². The molecule has 0 aliphatic heterocycles. The fourth-order valence-electron chi connectivity index (χ4n) is 6.72. The number of alkyl halides is 1. The zero-order valence-electron chi connectivity index (χ0n) is 22.2. The molecule has 0 saturated heterocycles. The summed E-state index contributed by atoms with van der Waals surface area (Å²) < 4.78 is 28.3. The Labute approximate surface area is 232 Å². The van der Waals surface area contributed by atoms with Gasteiger partial charge >= 0.3 is 11.9 Å². The number of carboxylic acid groups (broad SMARTS) is 1. The van der Waals surface area contributed by atoms with Gasteiger partial charge in [0, 0.05) is 23.0 Å². The van der Waals surface area contributed by atoms with Gasteiger partial charge in [-0.1, -0.05) is 91.0 Å². The lowest BCUT2D eigenvalue weighted by Gasteiger charge is -2.49. The zero-order valence-corrected chi connectivity index (χ0v) is 22.2. The maximum Gasteiger partial charge on any atom is 0.310 e. The van der Waals surface area contributed by atoms with Crippen molar-refractivity contribution in [1.29, 1.82) is 0 Å². The van der Waals surface area contributed by atoms with E-state index in [2.05, 4.69) is 0 Å². The van der Waals surface area contributed by atoms with Crippen LogP contribution in [-0.4, -0.2) is 30.8 Å². The SMILES string of the molecule is COc1ccccc1[C@H]1[C@H](C(=O)O)[C@H](c2ccccc2C)[C@H]1C(=O)OCC1(F)c2ccccc2-c2ccccc21. The fraction of sp³-hybridized carbons (Fsp3) is 0.235. The van der Waals surface area contributed by atoms with Gasteiger partial charge in [0.15, 0.2) is 5.67 Å². The molecule has 202 valence electrons. The van der Waals surface area contributed by atoms with Crippen molar-refractivity contribution in [3.63, 3.8) is 0 Å². The second-order valence-electron chi connectivity index (χ2n) is 10.5. The first-order chi connectivity index (χ1) is 19.4. The molecule has 0 heterocycles. The molecule has 5 nitrogen and oxygen atoms in total. The molecule has 0 bridgehead atoms. The molecule has 0 radical (unpaired) electrons. The number of carbonyl (C=O) groups is 2. The zero-order chi connectivity index (χ0) is 28.0.